The van der Waals surface area contributed by atoms with Gasteiger partial charge < -0.3 is 20.1 Å². The maximum absolute atomic E-state index is 14.0. The van der Waals surface area contributed by atoms with Crippen LogP contribution in [-0.2, 0) is 16.0 Å². The fraction of sp³-hybridized carbons (Fsp3) is 0.556. The zero-order chi connectivity index (χ0) is 19.5. The summed E-state index contributed by atoms with van der Waals surface area (Å²) in [6, 6.07) is 2.46. The second kappa shape index (κ2) is 7.88. The largest absolute Gasteiger partial charge is 0.508 e. The number of phenols is 1. The van der Waals surface area contributed by atoms with E-state index in [1.165, 1.54) is 17.0 Å². The second-order valence-electron chi connectivity index (χ2n) is 7.35. The Bertz CT molecular complexity index is 676. The van der Waals surface area contributed by atoms with Gasteiger partial charge in [-0.25, -0.2) is 13.6 Å². The molecule has 26 heavy (non-hydrogen) atoms. The zero-order valence-corrected chi connectivity index (χ0v) is 15.1. The number of phenolic OH excluding ortho intramolecular Hbond substituents is 1. The van der Waals surface area contributed by atoms with Crippen LogP contribution in [0.5, 0.6) is 5.75 Å². The summed E-state index contributed by atoms with van der Waals surface area (Å²) in [5.41, 5.74) is -0.618. The number of aromatic hydroxyl groups is 1. The highest BCUT2D eigenvalue weighted by atomic mass is 19.1. The maximum Gasteiger partial charge on any atom is 0.408 e. The number of amides is 2. The molecule has 0 saturated carbocycles. The summed E-state index contributed by atoms with van der Waals surface area (Å²) in [4.78, 5) is 26.1. The molecule has 1 fully saturated rings. The minimum Gasteiger partial charge on any atom is -0.508 e. The van der Waals surface area contributed by atoms with E-state index in [0.717, 1.165) is 6.07 Å². The van der Waals surface area contributed by atoms with Gasteiger partial charge in [0.1, 0.15) is 29.4 Å². The van der Waals surface area contributed by atoms with Gasteiger partial charge in [-0.05, 0) is 38.8 Å². The van der Waals surface area contributed by atoms with E-state index in [0.29, 0.717) is 0 Å². The highest BCUT2D eigenvalue weighted by Gasteiger charge is 2.33. The average molecular weight is 370 g/mol. The third-order valence-electron chi connectivity index (χ3n) is 3.89. The van der Waals surface area contributed by atoms with Crippen molar-refractivity contribution in [2.45, 2.75) is 51.4 Å². The van der Waals surface area contributed by atoms with Gasteiger partial charge in [-0.3, -0.25) is 4.79 Å². The SMILES string of the molecule is CC(C)(C)OC(=O)NC(Cc1ccc(O)cc1F)C(=O)N1CC[C@H](F)C1. The molecule has 1 aromatic carbocycles. The number of nitrogens with zero attached hydrogens (tertiary/aromatic N) is 1. The van der Waals surface area contributed by atoms with E-state index >= 15 is 0 Å². The fourth-order valence-electron chi connectivity index (χ4n) is 2.71. The molecule has 8 heteroatoms. The third kappa shape index (κ3) is 5.57. The molecule has 2 rings (SSSR count). The highest BCUT2D eigenvalue weighted by molar-refractivity contribution is 5.86. The highest BCUT2D eigenvalue weighted by Crippen LogP contribution is 2.19. The Morgan fingerprint density at radius 2 is 2.12 bits per heavy atom. The number of nitrogens with one attached hydrogen (secondary N) is 1. The van der Waals surface area contributed by atoms with Crippen LogP contribution in [0.1, 0.15) is 32.8 Å². The predicted molar refractivity (Wildman–Crippen MR) is 91.0 cm³/mol. The summed E-state index contributed by atoms with van der Waals surface area (Å²) in [7, 11) is 0. The maximum atomic E-state index is 14.0. The molecule has 1 heterocycles. The number of ether oxygens (including phenoxy) is 1. The minimum absolute atomic E-state index is 0.0522. The number of alkyl carbamates (subject to hydrolysis) is 1. The normalized spacial score (nSPS) is 18.5. The van der Waals surface area contributed by atoms with Crippen LogP contribution >= 0.6 is 0 Å². The lowest BCUT2D eigenvalue weighted by molar-refractivity contribution is -0.132. The van der Waals surface area contributed by atoms with Crippen LogP contribution in [0.4, 0.5) is 13.6 Å². The lowest BCUT2D eigenvalue weighted by Crippen LogP contribution is -2.50. The molecule has 1 aliphatic heterocycles. The van der Waals surface area contributed by atoms with Gasteiger partial charge in [0, 0.05) is 19.0 Å². The van der Waals surface area contributed by atoms with Crippen LogP contribution < -0.4 is 5.32 Å². The van der Waals surface area contributed by atoms with Crippen LogP contribution in [0.3, 0.4) is 0 Å². The van der Waals surface area contributed by atoms with E-state index in [9.17, 15) is 23.5 Å². The van der Waals surface area contributed by atoms with E-state index in [4.69, 9.17) is 4.74 Å². The van der Waals surface area contributed by atoms with Gasteiger partial charge in [0.25, 0.3) is 0 Å². The topological polar surface area (TPSA) is 78.9 Å². The lowest BCUT2D eigenvalue weighted by Gasteiger charge is -2.26. The van der Waals surface area contributed by atoms with Gasteiger partial charge in [-0.15, -0.1) is 0 Å². The lowest BCUT2D eigenvalue weighted by atomic mass is 10.0. The van der Waals surface area contributed by atoms with Gasteiger partial charge in [-0.1, -0.05) is 6.07 Å². The van der Waals surface area contributed by atoms with Crippen molar-refractivity contribution in [2.24, 2.45) is 0 Å². The summed E-state index contributed by atoms with van der Waals surface area (Å²) in [5.74, 6) is -1.43. The molecule has 6 nitrogen and oxygen atoms in total. The molecule has 1 saturated heterocycles. The van der Waals surface area contributed by atoms with Crippen molar-refractivity contribution in [3.63, 3.8) is 0 Å². The standard InChI is InChI=1S/C18H24F2N2O4/c1-18(2,3)26-17(25)21-15(16(24)22-7-6-12(19)10-22)8-11-4-5-13(23)9-14(11)20/h4-5,9,12,15,23H,6-8,10H2,1-3H3,(H,21,25)/t12-,15?/m0/s1. The molecule has 0 bridgehead atoms. The van der Waals surface area contributed by atoms with Crippen LogP contribution in [0.15, 0.2) is 18.2 Å². The second-order valence-corrected chi connectivity index (χ2v) is 7.35. The van der Waals surface area contributed by atoms with Crippen LogP contribution in [-0.4, -0.2) is 52.9 Å². The van der Waals surface area contributed by atoms with Gasteiger partial charge in [0.2, 0.25) is 5.91 Å². The first kappa shape index (κ1) is 19.9. The molecule has 0 aliphatic carbocycles. The number of carbonyl (C=O) groups excluding carboxylic acids is 2. The minimum atomic E-state index is -1.11. The van der Waals surface area contributed by atoms with E-state index in [2.05, 4.69) is 5.32 Å². The molecule has 144 valence electrons. The number of hydrogen-bond donors (Lipinski definition) is 2. The molecule has 0 radical (unpaired) electrons. The first-order chi connectivity index (χ1) is 12.0. The Hall–Kier alpha value is -2.38. The summed E-state index contributed by atoms with van der Waals surface area (Å²) in [5, 5.41) is 11.8. The van der Waals surface area contributed by atoms with Gasteiger partial charge in [0.05, 0.1) is 6.54 Å². The molecule has 1 aliphatic rings. The molecule has 2 atom stereocenters. The third-order valence-corrected chi connectivity index (χ3v) is 3.89. The van der Waals surface area contributed by atoms with Crippen molar-refractivity contribution in [3.05, 3.63) is 29.6 Å². The summed E-state index contributed by atoms with van der Waals surface area (Å²) < 4.78 is 32.6. The van der Waals surface area contributed by atoms with Crippen molar-refractivity contribution in [2.75, 3.05) is 13.1 Å². The van der Waals surface area contributed by atoms with Gasteiger partial charge in [-0.2, -0.15) is 0 Å². The molecule has 1 aromatic rings. The molecule has 2 amide bonds. The Morgan fingerprint density at radius 3 is 2.65 bits per heavy atom. The fourth-order valence-corrected chi connectivity index (χ4v) is 2.71. The quantitative estimate of drug-likeness (QED) is 0.854. The molecule has 0 aromatic heterocycles. The van der Waals surface area contributed by atoms with E-state index < -0.39 is 35.6 Å². The van der Waals surface area contributed by atoms with E-state index in [1.807, 2.05) is 0 Å². The number of benzene rings is 1. The summed E-state index contributed by atoms with van der Waals surface area (Å²) in [6.45, 7) is 5.22. The molecule has 1 unspecified atom stereocenters. The smallest absolute Gasteiger partial charge is 0.408 e. The zero-order valence-electron chi connectivity index (χ0n) is 15.1. The predicted octanol–water partition coefficient (Wildman–Crippen LogP) is 2.54. The summed E-state index contributed by atoms with van der Waals surface area (Å²) >= 11 is 0. The number of halogens is 2. The van der Waals surface area contributed by atoms with E-state index in [-0.39, 0.29) is 37.2 Å². The monoisotopic (exact) mass is 370 g/mol. The number of alkyl halides is 1. The van der Waals surface area contributed by atoms with Crippen LogP contribution in [0.25, 0.3) is 0 Å². The number of rotatable bonds is 4. The Labute approximate surface area is 151 Å². The van der Waals surface area contributed by atoms with Crippen LogP contribution in [0.2, 0.25) is 0 Å². The first-order valence-electron chi connectivity index (χ1n) is 8.45. The molecular weight excluding hydrogens is 346 g/mol. The van der Waals surface area contributed by atoms with Gasteiger partial charge >= 0.3 is 6.09 Å². The Balaban J connectivity index is 2.17. The van der Waals surface area contributed by atoms with Crippen molar-refractivity contribution in [1.82, 2.24) is 10.2 Å². The number of carbonyl (C=O) groups is 2. The molecule has 0 spiro atoms. The van der Waals surface area contributed by atoms with E-state index in [1.54, 1.807) is 20.8 Å². The van der Waals surface area contributed by atoms with Crippen molar-refractivity contribution in [3.8, 4) is 5.75 Å². The van der Waals surface area contributed by atoms with Crippen molar-refractivity contribution in [1.29, 1.82) is 0 Å². The Morgan fingerprint density at radius 1 is 1.42 bits per heavy atom. The first-order valence-corrected chi connectivity index (χ1v) is 8.45. The molecule has 2 N–H and O–H groups in total. The van der Waals surface area contributed by atoms with Crippen molar-refractivity contribution >= 4 is 12.0 Å². The number of likely N-dealkylation sites (tertiary alicyclic amines) is 1. The Kier molecular flexibility index (Phi) is 6.05. The van der Waals surface area contributed by atoms with Crippen molar-refractivity contribution < 1.29 is 28.2 Å². The van der Waals surface area contributed by atoms with Crippen LogP contribution in [0, 0.1) is 5.82 Å². The average Bonchev–Trinajstić information content (AvgIpc) is 2.93. The van der Waals surface area contributed by atoms with Gasteiger partial charge in [0.15, 0.2) is 0 Å². The molecular formula is C18H24F2N2O4. The summed E-state index contributed by atoms with van der Waals surface area (Å²) in [6.07, 6.45) is -1.83. The number of hydrogen-bond acceptors (Lipinski definition) is 4.